The van der Waals surface area contributed by atoms with E-state index in [9.17, 15) is 9.59 Å². The molecular weight excluding hydrogens is 250 g/mol. The second-order valence-electron chi connectivity index (χ2n) is 5.63. The Labute approximate surface area is 113 Å². The molecule has 1 saturated heterocycles. The summed E-state index contributed by atoms with van der Waals surface area (Å²) in [4.78, 5) is 24.8. The fraction of sp³-hybridized carbons (Fsp3) is 0.846. The fourth-order valence-electron chi connectivity index (χ4n) is 2.04. The molecule has 1 amide bonds. The number of hydrogen-bond acceptors (Lipinski definition) is 4. The minimum Gasteiger partial charge on any atom is -0.481 e. The molecule has 6 nitrogen and oxygen atoms in total. The molecule has 1 N–H and O–H groups in total. The highest BCUT2D eigenvalue weighted by Gasteiger charge is 2.39. The standard InChI is InChI=1S/C13H23NO5/c1-5-14(11(15)8-19-13(2,3)4)10-7-18-6-9(10)12(16)17/h9-10H,5-8H2,1-4H3,(H,16,17). The lowest BCUT2D eigenvalue weighted by Gasteiger charge is -2.30. The van der Waals surface area contributed by atoms with Gasteiger partial charge in [0.2, 0.25) is 5.91 Å². The molecule has 0 aromatic carbocycles. The van der Waals surface area contributed by atoms with Crippen molar-refractivity contribution in [3.63, 3.8) is 0 Å². The monoisotopic (exact) mass is 273 g/mol. The summed E-state index contributed by atoms with van der Waals surface area (Å²) < 4.78 is 10.6. The molecule has 1 rings (SSSR count). The number of rotatable bonds is 5. The lowest BCUT2D eigenvalue weighted by molar-refractivity contribution is -0.148. The Bertz CT molecular complexity index is 336. The van der Waals surface area contributed by atoms with Crippen molar-refractivity contribution in [1.82, 2.24) is 4.90 Å². The number of carbonyl (C=O) groups excluding carboxylic acids is 1. The summed E-state index contributed by atoms with van der Waals surface area (Å²) in [5, 5.41) is 9.12. The fourth-order valence-corrected chi connectivity index (χ4v) is 2.04. The molecule has 0 aliphatic carbocycles. The molecule has 0 aromatic rings. The van der Waals surface area contributed by atoms with E-state index in [2.05, 4.69) is 0 Å². The van der Waals surface area contributed by atoms with Gasteiger partial charge in [-0.1, -0.05) is 0 Å². The highest BCUT2D eigenvalue weighted by molar-refractivity contribution is 5.79. The molecule has 1 heterocycles. The van der Waals surface area contributed by atoms with Gasteiger partial charge in [0.05, 0.1) is 24.9 Å². The van der Waals surface area contributed by atoms with Crippen LogP contribution in [0.1, 0.15) is 27.7 Å². The Hall–Kier alpha value is -1.14. The zero-order chi connectivity index (χ0) is 14.6. The third kappa shape index (κ3) is 4.47. The summed E-state index contributed by atoms with van der Waals surface area (Å²) in [5.41, 5.74) is -0.395. The number of nitrogens with zero attached hydrogens (tertiary/aromatic N) is 1. The van der Waals surface area contributed by atoms with Crippen molar-refractivity contribution in [2.45, 2.75) is 39.3 Å². The first-order chi connectivity index (χ1) is 8.76. The van der Waals surface area contributed by atoms with E-state index in [0.29, 0.717) is 6.54 Å². The number of carbonyl (C=O) groups is 2. The van der Waals surface area contributed by atoms with Crippen molar-refractivity contribution < 1.29 is 24.2 Å². The van der Waals surface area contributed by atoms with Crippen molar-refractivity contribution in [3.05, 3.63) is 0 Å². The Morgan fingerprint density at radius 3 is 2.47 bits per heavy atom. The van der Waals surface area contributed by atoms with Gasteiger partial charge in [0, 0.05) is 6.54 Å². The van der Waals surface area contributed by atoms with Crippen LogP contribution in [0.4, 0.5) is 0 Å². The molecule has 19 heavy (non-hydrogen) atoms. The Balaban J connectivity index is 2.66. The molecule has 6 heteroatoms. The second kappa shape index (κ2) is 6.34. The van der Waals surface area contributed by atoms with E-state index in [-0.39, 0.29) is 25.7 Å². The Morgan fingerprint density at radius 1 is 1.37 bits per heavy atom. The minimum absolute atomic E-state index is 0.0415. The van der Waals surface area contributed by atoms with E-state index >= 15 is 0 Å². The first-order valence-electron chi connectivity index (χ1n) is 6.50. The lowest BCUT2D eigenvalue weighted by atomic mass is 10.0. The third-order valence-corrected chi connectivity index (χ3v) is 3.06. The maximum absolute atomic E-state index is 12.1. The van der Waals surface area contributed by atoms with Crippen molar-refractivity contribution in [2.75, 3.05) is 26.4 Å². The van der Waals surface area contributed by atoms with E-state index in [1.54, 1.807) is 0 Å². The van der Waals surface area contributed by atoms with Crippen LogP contribution in [-0.2, 0) is 19.1 Å². The van der Waals surface area contributed by atoms with Crippen LogP contribution in [0, 0.1) is 5.92 Å². The number of carboxylic acid groups (broad SMARTS) is 1. The van der Waals surface area contributed by atoms with Crippen LogP contribution in [0.5, 0.6) is 0 Å². The molecule has 0 spiro atoms. The molecule has 0 saturated carbocycles. The maximum atomic E-state index is 12.1. The van der Waals surface area contributed by atoms with Crippen LogP contribution < -0.4 is 0 Å². The van der Waals surface area contributed by atoms with Gasteiger partial charge in [0.15, 0.2) is 0 Å². The summed E-state index contributed by atoms with van der Waals surface area (Å²) >= 11 is 0. The van der Waals surface area contributed by atoms with E-state index in [0.717, 1.165) is 0 Å². The molecule has 2 unspecified atom stereocenters. The first-order valence-corrected chi connectivity index (χ1v) is 6.50. The third-order valence-electron chi connectivity index (χ3n) is 3.06. The van der Waals surface area contributed by atoms with Gasteiger partial charge in [0.25, 0.3) is 0 Å². The Morgan fingerprint density at radius 2 is 2.00 bits per heavy atom. The minimum atomic E-state index is -0.925. The highest BCUT2D eigenvalue weighted by Crippen LogP contribution is 2.20. The lowest BCUT2D eigenvalue weighted by Crippen LogP contribution is -2.48. The number of aliphatic carboxylic acids is 1. The normalized spacial score (nSPS) is 23.4. The van der Waals surface area contributed by atoms with Crippen molar-refractivity contribution >= 4 is 11.9 Å². The molecule has 2 atom stereocenters. The highest BCUT2D eigenvalue weighted by atomic mass is 16.5. The zero-order valence-electron chi connectivity index (χ0n) is 12.0. The van der Waals surface area contributed by atoms with Crippen LogP contribution in [0.2, 0.25) is 0 Å². The molecule has 0 radical (unpaired) electrons. The topological polar surface area (TPSA) is 76.1 Å². The second-order valence-corrected chi connectivity index (χ2v) is 5.63. The van der Waals surface area contributed by atoms with E-state index in [1.807, 2.05) is 27.7 Å². The van der Waals surface area contributed by atoms with Gasteiger partial charge in [-0.2, -0.15) is 0 Å². The largest absolute Gasteiger partial charge is 0.481 e. The molecule has 110 valence electrons. The number of hydrogen-bond donors (Lipinski definition) is 1. The summed E-state index contributed by atoms with van der Waals surface area (Å²) in [6, 6.07) is -0.404. The van der Waals surface area contributed by atoms with E-state index in [4.69, 9.17) is 14.6 Å². The molecule has 1 fully saturated rings. The van der Waals surface area contributed by atoms with E-state index in [1.165, 1.54) is 4.90 Å². The van der Waals surface area contributed by atoms with Gasteiger partial charge < -0.3 is 19.5 Å². The number of likely N-dealkylation sites (N-methyl/N-ethyl adjacent to an activating group) is 1. The number of carboxylic acids is 1. The SMILES string of the molecule is CCN(C(=O)COC(C)(C)C)C1COCC1C(=O)O. The van der Waals surface area contributed by atoms with Crippen LogP contribution in [0.25, 0.3) is 0 Å². The summed E-state index contributed by atoms with van der Waals surface area (Å²) in [5.74, 6) is -1.77. The quantitative estimate of drug-likeness (QED) is 0.800. The summed E-state index contributed by atoms with van der Waals surface area (Å²) in [7, 11) is 0. The predicted octanol–water partition coefficient (Wildman–Crippen LogP) is 0.750. The Kier molecular flexibility index (Phi) is 5.31. The van der Waals surface area contributed by atoms with Gasteiger partial charge in [-0.05, 0) is 27.7 Å². The van der Waals surface area contributed by atoms with Gasteiger partial charge in [-0.25, -0.2) is 0 Å². The first kappa shape index (κ1) is 15.9. The molecular formula is C13H23NO5. The van der Waals surface area contributed by atoms with E-state index < -0.39 is 23.5 Å². The van der Waals surface area contributed by atoms with Crippen molar-refractivity contribution in [3.8, 4) is 0 Å². The smallest absolute Gasteiger partial charge is 0.311 e. The average Bonchev–Trinajstić information content (AvgIpc) is 2.75. The molecule has 0 bridgehead atoms. The van der Waals surface area contributed by atoms with Gasteiger partial charge >= 0.3 is 5.97 Å². The van der Waals surface area contributed by atoms with Gasteiger partial charge in [-0.3, -0.25) is 9.59 Å². The number of amides is 1. The van der Waals surface area contributed by atoms with Gasteiger partial charge in [0.1, 0.15) is 12.5 Å². The molecule has 1 aliphatic heterocycles. The molecule has 0 aromatic heterocycles. The average molecular weight is 273 g/mol. The van der Waals surface area contributed by atoms with Crippen LogP contribution in [0.15, 0.2) is 0 Å². The summed E-state index contributed by atoms with van der Waals surface area (Å²) in [6.07, 6.45) is 0. The number of ether oxygens (including phenoxy) is 2. The van der Waals surface area contributed by atoms with Crippen LogP contribution >= 0.6 is 0 Å². The zero-order valence-corrected chi connectivity index (χ0v) is 12.0. The van der Waals surface area contributed by atoms with Gasteiger partial charge in [-0.15, -0.1) is 0 Å². The van der Waals surface area contributed by atoms with Crippen molar-refractivity contribution in [2.24, 2.45) is 5.92 Å². The summed E-state index contributed by atoms with van der Waals surface area (Å²) in [6.45, 7) is 8.27. The van der Waals surface area contributed by atoms with Crippen LogP contribution in [-0.4, -0.2) is 59.9 Å². The predicted molar refractivity (Wildman–Crippen MR) is 68.8 cm³/mol. The molecule has 1 aliphatic rings. The van der Waals surface area contributed by atoms with Crippen molar-refractivity contribution in [1.29, 1.82) is 0 Å². The van der Waals surface area contributed by atoms with Crippen LogP contribution in [0.3, 0.4) is 0 Å². The maximum Gasteiger partial charge on any atom is 0.311 e.